The zero-order chi connectivity index (χ0) is 12.3. The summed E-state index contributed by atoms with van der Waals surface area (Å²) in [4.78, 5) is 6.87. The minimum Gasteiger partial charge on any atom is -0.381 e. The van der Waals surface area contributed by atoms with Crippen LogP contribution in [0, 0.1) is 6.92 Å². The first kappa shape index (κ1) is 13.0. The number of ether oxygens (including phenoxy) is 1. The summed E-state index contributed by atoms with van der Waals surface area (Å²) in [6.07, 6.45) is 2.03. The summed E-state index contributed by atoms with van der Waals surface area (Å²) < 4.78 is 5.44. The van der Waals surface area contributed by atoms with Crippen molar-refractivity contribution in [3.8, 4) is 0 Å². The lowest BCUT2D eigenvalue weighted by molar-refractivity contribution is -0.0167. The Balaban J connectivity index is 2.04. The number of rotatable bonds is 4. The van der Waals surface area contributed by atoms with Crippen molar-refractivity contribution in [1.29, 1.82) is 0 Å². The van der Waals surface area contributed by atoms with Crippen LogP contribution in [0.5, 0.6) is 0 Å². The summed E-state index contributed by atoms with van der Waals surface area (Å²) in [5, 5.41) is 3.26. The Morgan fingerprint density at radius 3 is 2.76 bits per heavy atom. The van der Waals surface area contributed by atoms with Crippen molar-refractivity contribution >= 4 is 11.3 Å². The predicted octanol–water partition coefficient (Wildman–Crippen LogP) is 1.39. The van der Waals surface area contributed by atoms with E-state index >= 15 is 0 Å². The maximum absolute atomic E-state index is 5.98. The molecule has 5 heteroatoms. The number of nitrogens with two attached hydrogens (primary N) is 1. The predicted molar refractivity (Wildman–Crippen MR) is 70.2 cm³/mol. The smallest absolute Gasteiger partial charge is 0.0897 e. The highest BCUT2D eigenvalue weighted by Crippen LogP contribution is 2.27. The second kappa shape index (κ2) is 5.44. The van der Waals surface area contributed by atoms with Gasteiger partial charge in [0.05, 0.1) is 10.7 Å². The molecular weight excluding hydrogens is 234 g/mol. The highest BCUT2D eigenvalue weighted by molar-refractivity contribution is 7.09. The number of hydrogen-bond donors (Lipinski definition) is 1. The highest BCUT2D eigenvalue weighted by atomic mass is 32.1. The number of nitrogens with zero attached hydrogens (tertiary/aromatic N) is 2. The van der Waals surface area contributed by atoms with Crippen LogP contribution in [-0.2, 0) is 11.3 Å². The van der Waals surface area contributed by atoms with Crippen molar-refractivity contribution in [2.45, 2.75) is 31.8 Å². The Hall–Kier alpha value is -0.490. The normalized spacial score (nSPS) is 19.8. The summed E-state index contributed by atoms with van der Waals surface area (Å²) in [5.74, 6) is 0. The number of aromatic nitrogens is 1. The van der Waals surface area contributed by atoms with E-state index in [1.165, 1.54) is 0 Å². The molecule has 1 aromatic heterocycles. The Morgan fingerprint density at radius 2 is 2.24 bits per heavy atom. The molecule has 1 aliphatic heterocycles. The molecule has 1 aromatic rings. The van der Waals surface area contributed by atoms with Gasteiger partial charge in [0.1, 0.15) is 0 Å². The molecule has 0 spiro atoms. The van der Waals surface area contributed by atoms with Crippen LogP contribution in [-0.4, -0.2) is 42.2 Å². The molecule has 0 aromatic carbocycles. The van der Waals surface area contributed by atoms with Gasteiger partial charge in [-0.2, -0.15) is 0 Å². The lowest BCUT2D eigenvalue weighted by atomic mass is 9.88. The van der Waals surface area contributed by atoms with Crippen molar-refractivity contribution < 1.29 is 4.74 Å². The van der Waals surface area contributed by atoms with Crippen LogP contribution in [0.3, 0.4) is 0 Å². The molecule has 0 saturated carbocycles. The molecule has 0 amide bonds. The maximum Gasteiger partial charge on any atom is 0.0897 e. The van der Waals surface area contributed by atoms with Gasteiger partial charge in [-0.3, -0.25) is 4.90 Å². The summed E-state index contributed by atoms with van der Waals surface area (Å²) in [7, 11) is 2.15. The summed E-state index contributed by atoms with van der Waals surface area (Å²) in [6.45, 7) is 5.24. The summed E-state index contributed by atoms with van der Waals surface area (Å²) in [5.41, 5.74) is 7.22. The monoisotopic (exact) mass is 255 g/mol. The van der Waals surface area contributed by atoms with Crippen molar-refractivity contribution in [2.24, 2.45) is 5.73 Å². The summed E-state index contributed by atoms with van der Waals surface area (Å²) in [6, 6.07) is 0. The molecule has 1 aliphatic rings. The Kier molecular flexibility index (Phi) is 4.14. The lowest BCUT2D eigenvalue weighted by Crippen LogP contribution is -2.54. The fourth-order valence-electron chi connectivity index (χ4n) is 2.38. The molecule has 0 atom stereocenters. The lowest BCUT2D eigenvalue weighted by Gasteiger charge is -2.43. The fourth-order valence-corrected chi connectivity index (χ4v) is 2.99. The Bertz CT molecular complexity index is 360. The van der Waals surface area contributed by atoms with Gasteiger partial charge in [-0.25, -0.2) is 4.98 Å². The Morgan fingerprint density at radius 1 is 1.53 bits per heavy atom. The molecule has 2 rings (SSSR count). The van der Waals surface area contributed by atoms with E-state index in [4.69, 9.17) is 10.5 Å². The first-order chi connectivity index (χ1) is 8.16. The van der Waals surface area contributed by atoms with Crippen LogP contribution in [0.15, 0.2) is 5.38 Å². The van der Waals surface area contributed by atoms with Crippen LogP contribution in [0.1, 0.15) is 23.5 Å². The third-order valence-electron chi connectivity index (χ3n) is 3.68. The highest BCUT2D eigenvalue weighted by Gasteiger charge is 2.35. The summed E-state index contributed by atoms with van der Waals surface area (Å²) >= 11 is 1.71. The molecule has 2 heterocycles. The molecule has 96 valence electrons. The van der Waals surface area contributed by atoms with E-state index in [1.807, 2.05) is 6.92 Å². The van der Waals surface area contributed by atoms with Gasteiger partial charge >= 0.3 is 0 Å². The molecule has 0 unspecified atom stereocenters. The van der Waals surface area contributed by atoms with Crippen LogP contribution in [0.25, 0.3) is 0 Å². The zero-order valence-corrected chi connectivity index (χ0v) is 11.4. The minimum atomic E-state index is 0.0930. The van der Waals surface area contributed by atoms with Crippen molar-refractivity contribution in [3.05, 3.63) is 16.1 Å². The van der Waals surface area contributed by atoms with E-state index in [9.17, 15) is 0 Å². The van der Waals surface area contributed by atoms with Gasteiger partial charge in [-0.1, -0.05) is 0 Å². The first-order valence-electron chi connectivity index (χ1n) is 6.06. The second-order valence-corrected chi connectivity index (χ2v) is 5.82. The average Bonchev–Trinajstić information content (AvgIpc) is 2.75. The van der Waals surface area contributed by atoms with E-state index in [0.717, 1.165) is 43.3 Å². The van der Waals surface area contributed by atoms with Crippen LogP contribution >= 0.6 is 11.3 Å². The van der Waals surface area contributed by atoms with Crippen molar-refractivity contribution in [2.75, 3.05) is 26.8 Å². The number of hydrogen-bond acceptors (Lipinski definition) is 5. The van der Waals surface area contributed by atoms with Crippen LogP contribution < -0.4 is 5.73 Å². The molecule has 1 fully saturated rings. The van der Waals surface area contributed by atoms with E-state index in [1.54, 1.807) is 11.3 Å². The van der Waals surface area contributed by atoms with E-state index in [0.29, 0.717) is 6.54 Å². The van der Waals surface area contributed by atoms with E-state index < -0.39 is 0 Å². The van der Waals surface area contributed by atoms with Gasteiger partial charge < -0.3 is 10.5 Å². The van der Waals surface area contributed by atoms with Gasteiger partial charge in [-0.05, 0) is 26.8 Å². The Labute approximate surface area is 107 Å². The average molecular weight is 255 g/mol. The molecule has 0 radical (unpaired) electrons. The second-order valence-electron chi connectivity index (χ2n) is 4.75. The third-order valence-corrected chi connectivity index (χ3v) is 4.50. The fraction of sp³-hybridized carbons (Fsp3) is 0.750. The molecule has 17 heavy (non-hydrogen) atoms. The molecule has 1 saturated heterocycles. The van der Waals surface area contributed by atoms with Crippen LogP contribution in [0.4, 0.5) is 0 Å². The van der Waals surface area contributed by atoms with E-state index in [-0.39, 0.29) is 5.54 Å². The van der Waals surface area contributed by atoms with Crippen molar-refractivity contribution in [3.63, 3.8) is 0 Å². The van der Waals surface area contributed by atoms with Gasteiger partial charge in [-0.15, -0.1) is 11.3 Å². The molecule has 4 nitrogen and oxygen atoms in total. The van der Waals surface area contributed by atoms with Gasteiger partial charge in [0.25, 0.3) is 0 Å². The largest absolute Gasteiger partial charge is 0.381 e. The topological polar surface area (TPSA) is 51.4 Å². The molecule has 2 N–H and O–H groups in total. The minimum absolute atomic E-state index is 0.0930. The molecule has 0 bridgehead atoms. The standard InChI is InChI=1S/C12H21N3OS/c1-10-14-11(8-17-10)7-15(2)12(9-13)3-5-16-6-4-12/h8H,3-7,9,13H2,1-2H3. The van der Waals surface area contributed by atoms with Gasteiger partial charge in [0.15, 0.2) is 0 Å². The number of aryl methyl sites for hydroxylation is 1. The molecule has 0 aliphatic carbocycles. The molecular formula is C12H21N3OS. The zero-order valence-electron chi connectivity index (χ0n) is 10.6. The maximum atomic E-state index is 5.98. The van der Waals surface area contributed by atoms with Crippen molar-refractivity contribution in [1.82, 2.24) is 9.88 Å². The van der Waals surface area contributed by atoms with Crippen LogP contribution in [0.2, 0.25) is 0 Å². The van der Waals surface area contributed by atoms with Gasteiger partial charge in [0, 0.05) is 37.2 Å². The van der Waals surface area contributed by atoms with Gasteiger partial charge in [0.2, 0.25) is 0 Å². The SMILES string of the molecule is Cc1nc(CN(C)C2(CN)CCOCC2)cs1. The first-order valence-corrected chi connectivity index (χ1v) is 6.94. The van der Waals surface area contributed by atoms with E-state index in [2.05, 4.69) is 22.3 Å². The number of likely N-dealkylation sites (N-methyl/N-ethyl adjacent to an activating group) is 1. The quantitative estimate of drug-likeness (QED) is 0.883. The number of thiazole rings is 1. The third kappa shape index (κ3) is 2.85.